The Kier molecular flexibility index (Phi) is 4.68. The van der Waals surface area contributed by atoms with Gasteiger partial charge in [-0.1, -0.05) is 31.2 Å². The van der Waals surface area contributed by atoms with E-state index in [2.05, 4.69) is 11.9 Å². The largest absolute Gasteiger partial charge is 0.441 e. The van der Waals surface area contributed by atoms with Gasteiger partial charge in [-0.25, -0.2) is 10.5 Å². The first kappa shape index (κ1) is 14.0. The van der Waals surface area contributed by atoms with Gasteiger partial charge in [0.05, 0.1) is 6.20 Å². The van der Waals surface area contributed by atoms with E-state index in [0.717, 1.165) is 35.6 Å². The molecule has 1 amide bonds. The van der Waals surface area contributed by atoms with Gasteiger partial charge in [-0.3, -0.25) is 10.0 Å². The maximum Gasteiger partial charge on any atom is 0.267 e. The van der Waals surface area contributed by atoms with Crippen molar-refractivity contribution in [1.82, 2.24) is 10.5 Å². The van der Waals surface area contributed by atoms with Crippen LogP contribution in [0.4, 0.5) is 0 Å². The number of benzene rings is 1. The molecule has 0 aliphatic rings. The lowest BCUT2D eigenvalue weighted by Crippen LogP contribution is -2.14. The molecule has 0 radical (unpaired) electrons. The molecule has 0 bridgehead atoms. The number of hydrogen-bond donors (Lipinski definition) is 2. The van der Waals surface area contributed by atoms with Gasteiger partial charge in [-0.15, -0.1) is 0 Å². The van der Waals surface area contributed by atoms with Crippen molar-refractivity contribution in [2.45, 2.75) is 19.8 Å². The first-order valence-corrected chi connectivity index (χ1v) is 6.40. The molecule has 2 rings (SSSR count). The number of carbonyl (C=O) groups is 1. The van der Waals surface area contributed by atoms with Crippen LogP contribution in [-0.2, 0) is 11.2 Å². The van der Waals surface area contributed by atoms with Crippen LogP contribution in [0.15, 0.2) is 41.0 Å². The number of oxazole rings is 1. The second-order valence-electron chi connectivity index (χ2n) is 4.30. The Hall–Kier alpha value is -2.40. The lowest BCUT2D eigenvalue weighted by Gasteiger charge is -1.98. The van der Waals surface area contributed by atoms with E-state index in [4.69, 9.17) is 9.62 Å². The molecule has 20 heavy (non-hydrogen) atoms. The normalized spacial score (nSPS) is 10.9. The summed E-state index contributed by atoms with van der Waals surface area (Å²) < 4.78 is 5.64. The Balaban J connectivity index is 2.10. The highest BCUT2D eigenvalue weighted by atomic mass is 16.5. The highest BCUT2D eigenvalue weighted by molar-refractivity contribution is 5.90. The van der Waals surface area contributed by atoms with Gasteiger partial charge in [-0.05, 0) is 18.1 Å². The Bertz CT molecular complexity index is 600. The number of amides is 1. The molecule has 0 spiro atoms. The van der Waals surface area contributed by atoms with Crippen molar-refractivity contribution in [3.63, 3.8) is 0 Å². The minimum Gasteiger partial charge on any atom is -0.441 e. The summed E-state index contributed by atoms with van der Waals surface area (Å²) >= 11 is 0. The molecule has 1 heterocycles. The zero-order chi connectivity index (χ0) is 14.4. The molecule has 0 saturated heterocycles. The highest BCUT2D eigenvalue weighted by Gasteiger charge is 2.05. The molecular weight excluding hydrogens is 256 g/mol. The molecule has 5 nitrogen and oxygen atoms in total. The predicted octanol–water partition coefficient (Wildman–Crippen LogP) is 2.81. The highest BCUT2D eigenvalue weighted by Crippen LogP contribution is 2.21. The number of hydrogen-bond acceptors (Lipinski definition) is 4. The number of aromatic nitrogens is 1. The molecule has 0 unspecified atom stereocenters. The van der Waals surface area contributed by atoms with Crippen LogP contribution in [0.5, 0.6) is 0 Å². The van der Waals surface area contributed by atoms with Gasteiger partial charge < -0.3 is 4.42 Å². The predicted molar refractivity (Wildman–Crippen MR) is 74.9 cm³/mol. The molecular formula is C15H16N2O3. The van der Waals surface area contributed by atoms with Crippen LogP contribution in [0.25, 0.3) is 17.4 Å². The first-order chi connectivity index (χ1) is 9.72. The average Bonchev–Trinajstić information content (AvgIpc) is 2.94. The molecule has 5 heteroatoms. The number of aryl methyl sites for hydroxylation is 1. The summed E-state index contributed by atoms with van der Waals surface area (Å²) in [7, 11) is 0. The van der Waals surface area contributed by atoms with E-state index in [1.807, 2.05) is 24.3 Å². The van der Waals surface area contributed by atoms with Crippen LogP contribution < -0.4 is 5.48 Å². The van der Waals surface area contributed by atoms with Crippen LogP contribution in [0, 0.1) is 0 Å². The quantitative estimate of drug-likeness (QED) is 0.498. The Morgan fingerprint density at radius 1 is 1.40 bits per heavy atom. The number of nitrogens with one attached hydrogen (secondary N) is 1. The number of carbonyl (C=O) groups excluding carboxylic acids is 1. The molecule has 0 aliphatic heterocycles. The third-order valence-corrected chi connectivity index (χ3v) is 2.75. The van der Waals surface area contributed by atoms with Gasteiger partial charge in [0.2, 0.25) is 0 Å². The maximum atomic E-state index is 10.9. The molecule has 0 fully saturated rings. The van der Waals surface area contributed by atoms with Crippen LogP contribution in [0.2, 0.25) is 0 Å². The van der Waals surface area contributed by atoms with E-state index in [1.165, 1.54) is 11.6 Å². The van der Waals surface area contributed by atoms with Gasteiger partial charge in [0.1, 0.15) is 0 Å². The van der Waals surface area contributed by atoms with E-state index >= 15 is 0 Å². The van der Waals surface area contributed by atoms with Crippen LogP contribution in [-0.4, -0.2) is 16.1 Å². The van der Waals surface area contributed by atoms with Crippen molar-refractivity contribution in [2.24, 2.45) is 0 Å². The van der Waals surface area contributed by atoms with Crippen LogP contribution >= 0.6 is 0 Å². The van der Waals surface area contributed by atoms with Gasteiger partial charge >= 0.3 is 0 Å². The topological polar surface area (TPSA) is 75.4 Å². The summed E-state index contributed by atoms with van der Waals surface area (Å²) in [5.74, 6) is 0.914. The fourth-order valence-corrected chi connectivity index (χ4v) is 1.74. The minimum absolute atomic E-state index is 0.562. The second-order valence-corrected chi connectivity index (χ2v) is 4.30. The monoisotopic (exact) mass is 272 g/mol. The molecule has 1 aromatic heterocycles. The van der Waals surface area contributed by atoms with E-state index < -0.39 is 5.91 Å². The van der Waals surface area contributed by atoms with E-state index in [-0.39, 0.29) is 0 Å². The van der Waals surface area contributed by atoms with E-state index in [1.54, 1.807) is 12.3 Å². The third kappa shape index (κ3) is 3.55. The van der Waals surface area contributed by atoms with Gasteiger partial charge in [0.25, 0.3) is 5.91 Å². The second kappa shape index (κ2) is 6.68. The Morgan fingerprint density at radius 3 is 2.80 bits per heavy atom. The lowest BCUT2D eigenvalue weighted by molar-refractivity contribution is -0.124. The number of rotatable bonds is 5. The van der Waals surface area contributed by atoms with E-state index in [9.17, 15) is 4.79 Å². The van der Waals surface area contributed by atoms with Crippen molar-refractivity contribution < 1.29 is 14.4 Å². The zero-order valence-electron chi connectivity index (χ0n) is 11.2. The molecule has 0 aliphatic carbocycles. The molecule has 104 valence electrons. The first-order valence-electron chi connectivity index (χ1n) is 6.40. The van der Waals surface area contributed by atoms with Gasteiger partial charge in [0, 0.05) is 18.1 Å². The number of hydroxylamine groups is 1. The molecule has 0 atom stereocenters. The van der Waals surface area contributed by atoms with Crippen molar-refractivity contribution in [3.8, 4) is 11.3 Å². The summed E-state index contributed by atoms with van der Waals surface area (Å²) in [5, 5.41) is 8.38. The van der Waals surface area contributed by atoms with Gasteiger partial charge in [0.15, 0.2) is 11.7 Å². The van der Waals surface area contributed by atoms with Crippen molar-refractivity contribution in [1.29, 1.82) is 0 Å². The zero-order valence-corrected chi connectivity index (χ0v) is 11.2. The van der Waals surface area contributed by atoms with Crippen LogP contribution in [0.3, 0.4) is 0 Å². The molecule has 2 N–H and O–H groups in total. The molecule has 0 saturated carbocycles. The van der Waals surface area contributed by atoms with Crippen molar-refractivity contribution >= 4 is 12.0 Å². The fourth-order valence-electron chi connectivity index (χ4n) is 1.74. The SMILES string of the molecule is CCCc1ncc(-c2ccc(/C=C/C(=O)NO)cc2)o1. The lowest BCUT2D eigenvalue weighted by atomic mass is 10.1. The summed E-state index contributed by atoms with van der Waals surface area (Å²) in [6.07, 6.45) is 6.41. The molecule has 2 aromatic rings. The van der Waals surface area contributed by atoms with Crippen molar-refractivity contribution in [2.75, 3.05) is 0 Å². The van der Waals surface area contributed by atoms with Crippen LogP contribution in [0.1, 0.15) is 24.8 Å². The molecule has 1 aromatic carbocycles. The summed E-state index contributed by atoms with van der Waals surface area (Å²) in [5.41, 5.74) is 3.32. The maximum absolute atomic E-state index is 10.9. The van der Waals surface area contributed by atoms with E-state index in [0.29, 0.717) is 0 Å². The minimum atomic E-state index is -0.562. The fraction of sp³-hybridized carbons (Fsp3) is 0.200. The summed E-state index contributed by atoms with van der Waals surface area (Å²) in [6.45, 7) is 2.08. The average molecular weight is 272 g/mol. The Morgan fingerprint density at radius 2 is 2.15 bits per heavy atom. The third-order valence-electron chi connectivity index (χ3n) is 2.75. The standard InChI is InChI=1S/C15H16N2O3/c1-2-3-15-16-10-13(20-15)12-7-4-11(5-8-12)6-9-14(18)17-19/h4-10,19H,2-3H2,1H3,(H,17,18)/b9-6+. The number of nitrogens with zero attached hydrogens (tertiary/aromatic N) is 1. The summed E-state index contributed by atoms with van der Waals surface area (Å²) in [4.78, 5) is 15.1. The smallest absolute Gasteiger partial charge is 0.267 e. The van der Waals surface area contributed by atoms with Crippen molar-refractivity contribution in [3.05, 3.63) is 48.0 Å². The Labute approximate surface area is 116 Å². The summed E-state index contributed by atoms with van der Waals surface area (Å²) in [6, 6.07) is 7.51. The van der Waals surface area contributed by atoms with Gasteiger partial charge in [-0.2, -0.15) is 0 Å².